The molecule has 0 aliphatic rings. The second-order valence-electron chi connectivity index (χ2n) is 5.84. The van der Waals surface area contributed by atoms with Gasteiger partial charge in [-0.25, -0.2) is 14.8 Å². The molecular formula is C19H14ClN3O3S. The molecule has 0 bridgehead atoms. The molecule has 0 amide bonds. The SMILES string of the molecule is COC(=O)c1nc(OC)c2sc3nc(-c4ccc(Cl)cc4)cc(C)c3c2n1. The van der Waals surface area contributed by atoms with Crippen LogP contribution in [0.3, 0.4) is 0 Å². The van der Waals surface area contributed by atoms with Crippen molar-refractivity contribution in [1.82, 2.24) is 15.0 Å². The summed E-state index contributed by atoms with van der Waals surface area (Å²) in [6.45, 7) is 1.99. The topological polar surface area (TPSA) is 74.2 Å². The van der Waals surface area contributed by atoms with Crippen molar-refractivity contribution in [2.24, 2.45) is 0 Å². The predicted octanol–water partition coefficient (Wildman–Crippen LogP) is 4.66. The molecular weight excluding hydrogens is 386 g/mol. The molecule has 0 atom stereocenters. The van der Waals surface area contributed by atoms with Gasteiger partial charge in [0, 0.05) is 16.0 Å². The van der Waals surface area contributed by atoms with Crippen LogP contribution in [0.5, 0.6) is 5.88 Å². The number of aryl methyl sites for hydroxylation is 1. The minimum absolute atomic E-state index is 0.0391. The van der Waals surface area contributed by atoms with Gasteiger partial charge in [-0.1, -0.05) is 23.7 Å². The average Bonchev–Trinajstić information content (AvgIpc) is 3.06. The van der Waals surface area contributed by atoms with Crippen LogP contribution in [0.4, 0.5) is 0 Å². The number of nitrogens with zero attached hydrogens (tertiary/aromatic N) is 3. The first kappa shape index (κ1) is 17.6. The van der Waals surface area contributed by atoms with Gasteiger partial charge in [0.15, 0.2) is 0 Å². The summed E-state index contributed by atoms with van der Waals surface area (Å²) in [5, 5.41) is 1.55. The molecule has 4 aromatic rings. The Kier molecular flexibility index (Phi) is 4.41. The zero-order valence-electron chi connectivity index (χ0n) is 14.7. The van der Waals surface area contributed by atoms with Crippen LogP contribution in [0.2, 0.25) is 5.02 Å². The van der Waals surface area contributed by atoms with Crippen molar-refractivity contribution >= 4 is 49.3 Å². The molecule has 0 saturated carbocycles. The van der Waals surface area contributed by atoms with Gasteiger partial charge in [0.25, 0.3) is 0 Å². The Morgan fingerprint density at radius 3 is 2.52 bits per heavy atom. The Morgan fingerprint density at radius 1 is 1.11 bits per heavy atom. The quantitative estimate of drug-likeness (QED) is 0.466. The van der Waals surface area contributed by atoms with Crippen molar-refractivity contribution in [1.29, 1.82) is 0 Å². The lowest BCUT2D eigenvalue weighted by atomic mass is 10.1. The summed E-state index contributed by atoms with van der Waals surface area (Å²) in [4.78, 5) is 26.1. The van der Waals surface area contributed by atoms with Gasteiger partial charge >= 0.3 is 5.97 Å². The van der Waals surface area contributed by atoms with Crippen LogP contribution in [0, 0.1) is 6.92 Å². The first-order chi connectivity index (χ1) is 13.0. The lowest BCUT2D eigenvalue weighted by Gasteiger charge is -2.05. The van der Waals surface area contributed by atoms with E-state index in [4.69, 9.17) is 26.1 Å². The Hall–Kier alpha value is -2.77. The number of thiophene rings is 1. The molecule has 0 spiro atoms. The molecule has 0 unspecified atom stereocenters. The first-order valence-electron chi connectivity index (χ1n) is 8.02. The van der Waals surface area contributed by atoms with Crippen molar-refractivity contribution < 1.29 is 14.3 Å². The second kappa shape index (κ2) is 6.75. The van der Waals surface area contributed by atoms with Crippen LogP contribution in [0.15, 0.2) is 30.3 Å². The van der Waals surface area contributed by atoms with Gasteiger partial charge in [0.2, 0.25) is 11.7 Å². The van der Waals surface area contributed by atoms with E-state index in [0.717, 1.165) is 31.7 Å². The fraction of sp³-hybridized carbons (Fsp3) is 0.158. The molecule has 6 nitrogen and oxygen atoms in total. The number of aromatic nitrogens is 3. The van der Waals surface area contributed by atoms with Crippen molar-refractivity contribution in [2.75, 3.05) is 14.2 Å². The lowest BCUT2D eigenvalue weighted by molar-refractivity contribution is 0.0586. The third kappa shape index (κ3) is 2.98. The van der Waals surface area contributed by atoms with Crippen molar-refractivity contribution in [2.45, 2.75) is 6.92 Å². The standard InChI is InChI=1S/C19H14ClN3O3S/c1-9-8-12(10-4-6-11(20)7-5-10)21-18-13(9)14-15(27-18)17(25-2)23-16(22-14)19(24)26-3/h4-8H,1-3H3. The van der Waals surface area contributed by atoms with E-state index < -0.39 is 5.97 Å². The molecule has 27 heavy (non-hydrogen) atoms. The van der Waals surface area contributed by atoms with Crippen molar-refractivity contribution in [3.05, 3.63) is 46.7 Å². The fourth-order valence-corrected chi connectivity index (χ4v) is 4.17. The van der Waals surface area contributed by atoms with Crippen LogP contribution in [-0.2, 0) is 4.74 Å². The summed E-state index contributed by atoms with van der Waals surface area (Å²) in [6.07, 6.45) is 0. The maximum atomic E-state index is 11.9. The summed E-state index contributed by atoms with van der Waals surface area (Å²) < 4.78 is 10.9. The fourth-order valence-electron chi connectivity index (χ4n) is 2.88. The number of carbonyl (C=O) groups is 1. The molecule has 0 radical (unpaired) electrons. The maximum Gasteiger partial charge on any atom is 0.376 e. The van der Waals surface area contributed by atoms with Crippen LogP contribution in [0.25, 0.3) is 31.7 Å². The summed E-state index contributed by atoms with van der Waals surface area (Å²) in [5.74, 6) is -0.323. The van der Waals surface area contributed by atoms with E-state index in [-0.39, 0.29) is 5.82 Å². The van der Waals surface area contributed by atoms with Crippen LogP contribution >= 0.6 is 22.9 Å². The third-order valence-corrected chi connectivity index (χ3v) is 5.47. The highest BCUT2D eigenvalue weighted by atomic mass is 35.5. The van der Waals surface area contributed by atoms with Gasteiger partial charge in [-0.3, -0.25) is 0 Å². The van der Waals surface area contributed by atoms with Crippen LogP contribution in [-0.4, -0.2) is 35.1 Å². The molecule has 0 aliphatic heterocycles. The number of halogens is 1. The maximum absolute atomic E-state index is 11.9. The summed E-state index contributed by atoms with van der Waals surface area (Å²) in [5.41, 5.74) is 3.43. The molecule has 8 heteroatoms. The Bertz CT molecular complexity index is 1190. The number of fused-ring (bicyclic) bond motifs is 3. The number of pyridine rings is 1. The highest BCUT2D eigenvalue weighted by Crippen LogP contribution is 2.39. The zero-order chi connectivity index (χ0) is 19.1. The highest BCUT2D eigenvalue weighted by molar-refractivity contribution is 7.25. The largest absolute Gasteiger partial charge is 0.480 e. The first-order valence-corrected chi connectivity index (χ1v) is 9.21. The molecule has 0 aliphatic carbocycles. The Balaban J connectivity index is 1.99. The van der Waals surface area contributed by atoms with E-state index in [9.17, 15) is 4.79 Å². The molecule has 1 aromatic carbocycles. The number of esters is 1. The summed E-state index contributed by atoms with van der Waals surface area (Å²) in [6, 6.07) is 9.52. The molecule has 3 heterocycles. The normalized spacial score (nSPS) is 11.1. The second-order valence-corrected chi connectivity index (χ2v) is 7.27. The average molecular weight is 400 g/mol. The minimum atomic E-state index is -0.613. The van der Waals surface area contributed by atoms with E-state index in [0.29, 0.717) is 16.4 Å². The molecule has 0 N–H and O–H groups in total. The predicted molar refractivity (Wildman–Crippen MR) is 106 cm³/mol. The van der Waals surface area contributed by atoms with E-state index in [2.05, 4.69) is 9.97 Å². The number of hydrogen-bond donors (Lipinski definition) is 0. The van der Waals surface area contributed by atoms with Crippen LogP contribution in [0.1, 0.15) is 16.2 Å². The minimum Gasteiger partial charge on any atom is -0.480 e. The van der Waals surface area contributed by atoms with E-state index in [1.807, 2.05) is 37.3 Å². The third-order valence-electron chi connectivity index (χ3n) is 4.15. The van der Waals surface area contributed by atoms with E-state index >= 15 is 0 Å². The molecule has 136 valence electrons. The molecule has 4 rings (SSSR count). The number of hydrogen-bond acceptors (Lipinski definition) is 7. The van der Waals surface area contributed by atoms with Gasteiger partial charge in [-0.2, -0.15) is 4.98 Å². The summed E-state index contributed by atoms with van der Waals surface area (Å²) >= 11 is 7.41. The monoisotopic (exact) mass is 399 g/mol. The number of ether oxygens (including phenoxy) is 2. The van der Waals surface area contributed by atoms with Crippen molar-refractivity contribution in [3.8, 4) is 17.1 Å². The Morgan fingerprint density at radius 2 is 1.85 bits per heavy atom. The molecule has 3 aromatic heterocycles. The number of benzene rings is 1. The van der Waals surface area contributed by atoms with Gasteiger partial charge in [-0.05, 0) is 30.7 Å². The van der Waals surface area contributed by atoms with Crippen molar-refractivity contribution in [3.63, 3.8) is 0 Å². The summed E-state index contributed by atoms with van der Waals surface area (Å²) in [7, 11) is 2.80. The molecule has 0 fully saturated rings. The van der Waals surface area contributed by atoms with Gasteiger partial charge in [-0.15, -0.1) is 11.3 Å². The molecule has 0 saturated heterocycles. The highest BCUT2D eigenvalue weighted by Gasteiger charge is 2.21. The zero-order valence-corrected chi connectivity index (χ0v) is 16.3. The lowest BCUT2D eigenvalue weighted by Crippen LogP contribution is -2.08. The number of methoxy groups -OCH3 is 2. The van der Waals surface area contributed by atoms with Gasteiger partial charge in [0.1, 0.15) is 9.53 Å². The number of carbonyl (C=O) groups excluding carboxylic acids is 1. The Labute approximate surface area is 163 Å². The van der Waals surface area contributed by atoms with Crippen LogP contribution < -0.4 is 4.74 Å². The van der Waals surface area contributed by atoms with Gasteiger partial charge < -0.3 is 9.47 Å². The van der Waals surface area contributed by atoms with E-state index in [1.165, 1.54) is 25.6 Å². The van der Waals surface area contributed by atoms with E-state index in [1.54, 1.807) is 0 Å². The number of rotatable bonds is 3. The smallest absolute Gasteiger partial charge is 0.376 e. The van der Waals surface area contributed by atoms with Gasteiger partial charge in [0.05, 0.1) is 25.4 Å².